The van der Waals surface area contributed by atoms with Crippen LogP contribution >= 0.6 is 0 Å². The molecule has 1 saturated carbocycles. The lowest BCUT2D eigenvalue weighted by Gasteiger charge is -2.21. The van der Waals surface area contributed by atoms with Crippen LogP contribution in [0.25, 0.3) is 0 Å². The third kappa shape index (κ3) is 2.16. The highest BCUT2D eigenvalue weighted by molar-refractivity contribution is 5.58. The number of nitrogens with one attached hydrogen (secondary N) is 1. The third-order valence-corrected chi connectivity index (χ3v) is 4.04. The summed E-state index contributed by atoms with van der Waals surface area (Å²) in [7, 11) is 0. The summed E-state index contributed by atoms with van der Waals surface area (Å²) in [6.07, 6.45) is 2.72. The van der Waals surface area contributed by atoms with Crippen LogP contribution in [0.4, 0.5) is 11.4 Å². The summed E-state index contributed by atoms with van der Waals surface area (Å²) in [5.74, 6) is 0.766. The number of hydrogen-bond donors (Lipinski definition) is 2. The van der Waals surface area contributed by atoms with Gasteiger partial charge in [-0.2, -0.15) is 0 Å². The summed E-state index contributed by atoms with van der Waals surface area (Å²) in [6.45, 7) is 7.75. The molecule has 1 aromatic rings. The number of rotatable bonds is 4. The first-order valence-electron chi connectivity index (χ1n) is 6.13. The number of aryl methyl sites for hydroxylation is 1. The molecule has 88 valence electrons. The van der Waals surface area contributed by atoms with Crippen LogP contribution in [0, 0.1) is 18.3 Å². The van der Waals surface area contributed by atoms with E-state index < -0.39 is 0 Å². The summed E-state index contributed by atoms with van der Waals surface area (Å²) in [5.41, 5.74) is 9.61. The molecule has 3 N–H and O–H groups in total. The van der Waals surface area contributed by atoms with Crippen molar-refractivity contribution in [2.24, 2.45) is 11.3 Å². The minimum absolute atomic E-state index is 0.541. The van der Waals surface area contributed by atoms with E-state index in [0.29, 0.717) is 5.41 Å². The van der Waals surface area contributed by atoms with E-state index >= 15 is 0 Å². The van der Waals surface area contributed by atoms with Gasteiger partial charge in [-0.15, -0.1) is 0 Å². The van der Waals surface area contributed by atoms with Crippen LogP contribution in [0.3, 0.4) is 0 Å². The first kappa shape index (κ1) is 11.3. The van der Waals surface area contributed by atoms with Crippen LogP contribution in [0.2, 0.25) is 0 Å². The van der Waals surface area contributed by atoms with Gasteiger partial charge in [0.25, 0.3) is 0 Å². The van der Waals surface area contributed by atoms with Crippen LogP contribution in [0.1, 0.15) is 32.3 Å². The quantitative estimate of drug-likeness (QED) is 0.760. The number of nitrogen functional groups attached to an aromatic ring is 1. The van der Waals surface area contributed by atoms with Gasteiger partial charge in [-0.1, -0.05) is 19.9 Å². The fraction of sp³-hybridized carbons (Fsp3) is 0.571. The molecule has 0 atom stereocenters. The van der Waals surface area contributed by atoms with Gasteiger partial charge < -0.3 is 11.1 Å². The maximum atomic E-state index is 5.90. The third-order valence-electron chi connectivity index (χ3n) is 4.04. The summed E-state index contributed by atoms with van der Waals surface area (Å²) in [5, 5.41) is 3.52. The Kier molecular flexibility index (Phi) is 2.83. The van der Waals surface area contributed by atoms with Crippen LogP contribution < -0.4 is 11.1 Å². The Bertz CT molecular complexity index is 378. The molecule has 0 aromatic heterocycles. The first-order valence-corrected chi connectivity index (χ1v) is 6.13. The molecule has 16 heavy (non-hydrogen) atoms. The topological polar surface area (TPSA) is 38.0 Å². The Morgan fingerprint density at radius 1 is 1.38 bits per heavy atom. The number of anilines is 2. The van der Waals surface area contributed by atoms with Gasteiger partial charge in [-0.25, -0.2) is 0 Å². The molecule has 0 radical (unpaired) electrons. The summed E-state index contributed by atoms with van der Waals surface area (Å²) in [4.78, 5) is 0. The second-order valence-corrected chi connectivity index (χ2v) is 5.44. The smallest absolute Gasteiger partial charge is 0.0364 e. The van der Waals surface area contributed by atoms with Gasteiger partial charge in [0.1, 0.15) is 0 Å². The zero-order chi connectivity index (χ0) is 11.8. The minimum atomic E-state index is 0.541. The Labute approximate surface area is 98.2 Å². The van der Waals surface area contributed by atoms with E-state index in [1.165, 1.54) is 12.8 Å². The number of benzene rings is 1. The summed E-state index contributed by atoms with van der Waals surface area (Å²) < 4.78 is 0. The van der Waals surface area contributed by atoms with Gasteiger partial charge in [0.15, 0.2) is 0 Å². The van der Waals surface area contributed by atoms with Crippen LogP contribution in [-0.2, 0) is 0 Å². The normalized spacial score (nSPS) is 17.5. The molecule has 0 aliphatic heterocycles. The van der Waals surface area contributed by atoms with E-state index in [9.17, 15) is 0 Å². The van der Waals surface area contributed by atoms with E-state index in [4.69, 9.17) is 5.73 Å². The monoisotopic (exact) mass is 218 g/mol. The first-order chi connectivity index (χ1) is 7.53. The Morgan fingerprint density at radius 3 is 2.56 bits per heavy atom. The molecule has 1 fully saturated rings. The molecule has 0 spiro atoms. The SMILES string of the molecule is Cc1ccc(NCC2(C(C)C)CC2)cc1N. The molecular formula is C14H22N2. The van der Waals surface area contributed by atoms with Gasteiger partial charge >= 0.3 is 0 Å². The molecule has 2 nitrogen and oxygen atoms in total. The molecule has 0 unspecified atom stereocenters. The van der Waals surface area contributed by atoms with Crippen molar-refractivity contribution >= 4 is 11.4 Å². The lowest BCUT2D eigenvalue weighted by molar-refractivity contribution is 0.380. The molecule has 2 rings (SSSR count). The molecule has 0 bridgehead atoms. The average molecular weight is 218 g/mol. The Balaban J connectivity index is 1.97. The predicted octanol–water partition coefficient (Wildman–Crippen LogP) is 3.43. The van der Waals surface area contributed by atoms with Crippen LogP contribution in [0.5, 0.6) is 0 Å². The molecule has 1 aromatic carbocycles. The van der Waals surface area contributed by atoms with E-state index in [1.54, 1.807) is 0 Å². The van der Waals surface area contributed by atoms with Gasteiger partial charge in [0.2, 0.25) is 0 Å². The minimum Gasteiger partial charge on any atom is -0.398 e. The van der Waals surface area contributed by atoms with Crippen LogP contribution in [0.15, 0.2) is 18.2 Å². The summed E-state index contributed by atoms with van der Waals surface area (Å²) >= 11 is 0. The van der Waals surface area contributed by atoms with E-state index in [2.05, 4.69) is 31.3 Å². The number of hydrogen-bond acceptors (Lipinski definition) is 2. The van der Waals surface area contributed by atoms with E-state index in [-0.39, 0.29) is 0 Å². The fourth-order valence-corrected chi connectivity index (χ4v) is 2.15. The van der Waals surface area contributed by atoms with E-state index in [1.807, 2.05) is 13.0 Å². The fourth-order valence-electron chi connectivity index (χ4n) is 2.15. The second-order valence-electron chi connectivity index (χ2n) is 5.44. The van der Waals surface area contributed by atoms with Crippen molar-refractivity contribution in [3.05, 3.63) is 23.8 Å². The van der Waals surface area contributed by atoms with Crippen molar-refractivity contribution in [1.29, 1.82) is 0 Å². The molecular weight excluding hydrogens is 196 g/mol. The maximum Gasteiger partial charge on any atom is 0.0364 e. The molecule has 1 aliphatic carbocycles. The molecule has 0 amide bonds. The van der Waals surface area contributed by atoms with E-state index in [0.717, 1.165) is 29.4 Å². The molecule has 0 saturated heterocycles. The van der Waals surface area contributed by atoms with Gasteiger partial charge in [0, 0.05) is 17.9 Å². The lowest BCUT2D eigenvalue weighted by atomic mass is 9.92. The highest BCUT2D eigenvalue weighted by atomic mass is 14.9. The van der Waals surface area contributed by atoms with Crippen molar-refractivity contribution in [3.63, 3.8) is 0 Å². The maximum absolute atomic E-state index is 5.90. The van der Waals surface area contributed by atoms with Gasteiger partial charge in [0.05, 0.1) is 0 Å². The highest BCUT2D eigenvalue weighted by Gasteiger charge is 2.44. The van der Waals surface area contributed by atoms with Gasteiger partial charge in [-0.3, -0.25) is 0 Å². The standard InChI is InChI=1S/C14H22N2/c1-10(2)14(6-7-14)9-16-12-5-4-11(3)13(15)8-12/h4-5,8,10,16H,6-7,9,15H2,1-3H3. The second kappa shape index (κ2) is 4.00. The lowest BCUT2D eigenvalue weighted by Crippen LogP contribution is -2.20. The Morgan fingerprint density at radius 2 is 2.06 bits per heavy atom. The van der Waals surface area contributed by atoms with Gasteiger partial charge in [-0.05, 0) is 48.8 Å². The van der Waals surface area contributed by atoms with Crippen molar-refractivity contribution in [2.45, 2.75) is 33.6 Å². The zero-order valence-electron chi connectivity index (χ0n) is 10.5. The number of nitrogens with two attached hydrogens (primary N) is 1. The largest absolute Gasteiger partial charge is 0.398 e. The summed E-state index contributed by atoms with van der Waals surface area (Å²) in [6, 6.07) is 6.22. The van der Waals surface area contributed by atoms with Crippen molar-refractivity contribution in [3.8, 4) is 0 Å². The van der Waals surface area contributed by atoms with Crippen LogP contribution in [-0.4, -0.2) is 6.54 Å². The molecule has 0 heterocycles. The molecule has 1 aliphatic rings. The average Bonchev–Trinajstić information content (AvgIpc) is 3.01. The van der Waals surface area contributed by atoms with Crippen molar-refractivity contribution in [1.82, 2.24) is 0 Å². The van der Waals surface area contributed by atoms with Crippen molar-refractivity contribution in [2.75, 3.05) is 17.6 Å². The predicted molar refractivity (Wildman–Crippen MR) is 70.6 cm³/mol. The molecule has 2 heteroatoms. The highest BCUT2D eigenvalue weighted by Crippen LogP contribution is 2.51. The van der Waals surface area contributed by atoms with Crippen molar-refractivity contribution < 1.29 is 0 Å². The zero-order valence-corrected chi connectivity index (χ0v) is 10.5. The Hall–Kier alpha value is -1.18.